The average molecular weight is 365 g/mol. The van der Waals surface area contributed by atoms with Crippen molar-refractivity contribution in [3.05, 3.63) is 34.4 Å². The van der Waals surface area contributed by atoms with Crippen LogP contribution >= 0.6 is 15.9 Å². The molecule has 4 nitrogen and oxygen atoms in total. The summed E-state index contributed by atoms with van der Waals surface area (Å²) in [7, 11) is 0. The maximum absolute atomic E-state index is 12.4. The third-order valence-electron chi connectivity index (χ3n) is 3.84. The first-order chi connectivity index (χ1) is 10.3. The predicted molar refractivity (Wildman–Crippen MR) is 90.9 cm³/mol. The minimum absolute atomic E-state index is 0.0704. The van der Waals surface area contributed by atoms with E-state index in [1.54, 1.807) is 0 Å². The van der Waals surface area contributed by atoms with Gasteiger partial charge in [-0.25, -0.2) is 4.79 Å². The molecule has 1 unspecified atom stereocenters. The van der Waals surface area contributed by atoms with Crippen molar-refractivity contribution in [2.24, 2.45) is 0 Å². The number of carbonyl (C=O) groups excluding carboxylic acids is 1. The molecule has 1 saturated heterocycles. The van der Waals surface area contributed by atoms with Crippen LogP contribution in [0.25, 0.3) is 10.9 Å². The minimum Gasteiger partial charge on any atom is -0.444 e. The molecule has 1 amide bonds. The maximum atomic E-state index is 12.4. The molecule has 0 bridgehead atoms. The second-order valence-electron chi connectivity index (χ2n) is 6.79. The Kier molecular flexibility index (Phi) is 3.93. The normalized spacial score (nSPS) is 18.9. The largest absolute Gasteiger partial charge is 0.444 e. The quantitative estimate of drug-likeness (QED) is 0.773. The number of benzene rings is 1. The second kappa shape index (κ2) is 5.61. The fourth-order valence-corrected chi connectivity index (χ4v) is 3.31. The summed E-state index contributed by atoms with van der Waals surface area (Å²) in [5, 5.41) is 1.15. The fraction of sp³-hybridized carbons (Fsp3) is 0.471. The fourth-order valence-electron chi connectivity index (χ4n) is 2.93. The molecular weight excluding hydrogens is 344 g/mol. The molecule has 2 heterocycles. The Morgan fingerprint density at radius 1 is 1.36 bits per heavy atom. The van der Waals surface area contributed by atoms with E-state index in [-0.39, 0.29) is 12.1 Å². The zero-order valence-corrected chi connectivity index (χ0v) is 14.7. The van der Waals surface area contributed by atoms with Gasteiger partial charge in [-0.1, -0.05) is 15.9 Å². The van der Waals surface area contributed by atoms with Crippen LogP contribution in [0, 0.1) is 0 Å². The van der Waals surface area contributed by atoms with Crippen LogP contribution in [-0.4, -0.2) is 28.1 Å². The van der Waals surface area contributed by atoms with Crippen LogP contribution in [0.4, 0.5) is 4.79 Å². The third kappa shape index (κ3) is 3.14. The summed E-state index contributed by atoms with van der Waals surface area (Å²) >= 11 is 3.49. The van der Waals surface area contributed by atoms with Crippen molar-refractivity contribution in [1.82, 2.24) is 9.88 Å². The first-order valence-corrected chi connectivity index (χ1v) is 8.40. The van der Waals surface area contributed by atoms with Crippen molar-refractivity contribution in [1.29, 1.82) is 0 Å². The van der Waals surface area contributed by atoms with Gasteiger partial charge in [0, 0.05) is 27.6 Å². The topological polar surface area (TPSA) is 45.3 Å². The zero-order valence-electron chi connectivity index (χ0n) is 13.1. The van der Waals surface area contributed by atoms with E-state index >= 15 is 0 Å². The highest BCUT2D eigenvalue weighted by Gasteiger charge is 2.33. The van der Waals surface area contributed by atoms with Crippen molar-refractivity contribution >= 4 is 32.9 Å². The molecule has 0 saturated carbocycles. The Morgan fingerprint density at radius 3 is 2.86 bits per heavy atom. The minimum atomic E-state index is -0.463. The van der Waals surface area contributed by atoms with E-state index < -0.39 is 5.60 Å². The summed E-state index contributed by atoms with van der Waals surface area (Å²) in [4.78, 5) is 17.7. The lowest BCUT2D eigenvalue weighted by molar-refractivity contribution is 0.0222. The van der Waals surface area contributed by atoms with Crippen LogP contribution in [0.3, 0.4) is 0 Å². The lowest BCUT2D eigenvalue weighted by Gasteiger charge is -2.28. The maximum Gasteiger partial charge on any atom is 0.410 e. The third-order valence-corrected chi connectivity index (χ3v) is 4.34. The van der Waals surface area contributed by atoms with E-state index in [0.717, 1.165) is 40.5 Å². The number of nitrogens with one attached hydrogen (secondary N) is 1. The molecule has 22 heavy (non-hydrogen) atoms. The molecule has 0 spiro atoms. The van der Waals surface area contributed by atoms with E-state index in [0.29, 0.717) is 0 Å². The average Bonchev–Trinajstić information content (AvgIpc) is 3.01. The van der Waals surface area contributed by atoms with Crippen molar-refractivity contribution < 1.29 is 9.53 Å². The van der Waals surface area contributed by atoms with Crippen LogP contribution < -0.4 is 0 Å². The van der Waals surface area contributed by atoms with E-state index in [9.17, 15) is 4.79 Å². The molecule has 1 aliphatic rings. The summed E-state index contributed by atoms with van der Waals surface area (Å²) in [6.45, 7) is 6.45. The van der Waals surface area contributed by atoms with Gasteiger partial charge in [0.05, 0.1) is 6.04 Å². The summed E-state index contributed by atoms with van der Waals surface area (Å²) < 4.78 is 6.59. The van der Waals surface area contributed by atoms with Crippen LogP contribution in [0.15, 0.2) is 28.7 Å². The Labute approximate surface area is 139 Å². The lowest BCUT2D eigenvalue weighted by Crippen LogP contribution is -2.36. The Balaban J connectivity index is 1.86. The summed E-state index contributed by atoms with van der Waals surface area (Å²) in [6.07, 6.45) is 1.74. The highest BCUT2D eigenvalue weighted by atomic mass is 79.9. The molecule has 1 aromatic heterocycles. The van der Waals surface area contributed by atoms with Gasteiger partial charge < -0.3 is 9.72 Å². The number of likely N-dealkylation sites (tertiary alicyclic amines) is 1. The first kappa shape index (κ1) is 15.4. The number of hydrogen-bond donors (Lipinski definition) is 1. The summed E-state index contributed by atoms with van der Waals surface area (Å²) in [5.41, 5.74) is 1.71. The Bertz CT molecular complexity index is 702. The predicted octanol–water partition coefficient (Wildman–Crippen LogP) is 5.00. The molecule has 1 aliphatic heterocycles. The molecule has 1 atom stereocenters. The van der Waals surface area contributed by atoms with E-state index in [1.807, 2.05) is 31.7 Å². The van der Waals surface area contributed by atoms with Gasteiger partial charge in [-0.2, -0.15) is 0 Å². The number of amides is 1. The summed E-state index contributed by atoms with van der Waals surface area (Å²) in [5.74, 6) is 0. The Morgan fingerprint density at radius 2 is 2.14 bits per heavy atom. The standard InChI is InChI=1S/C17H21BrN2O2/c1-17(2,3)22-16(21)20-8-4-5-15(20)14-10-11-9-12(18)6-7-13(11)19-14/h6-7,9-10,15,19H,4-5,8H2,1-3H3. The van der Waals surface area contributed by atoms with Crippen molar-refractivity contribution in [2.45, 2.75) is 45.3 Å². The van der Waals surface area contributed by atoms with Gasteiger partial charge in [0.25, 0.3) is 0 Å². The van der Waals surface area contributed by atoms with Gasteiger partial charge in [-0.15, -0.1) is 0 Å². The Hall–Kier alpha value is -1.49. The van der Waals surface area contributed by atoms with E-state index in [1.165, 1.54) is 0 Å². The molecule has 3 rings (SSSR count). The van der Waals surface area contributed by atoms with Crippen molar-refractivity contribution in [2.75, 3.05) is 6.54 Å². The molecule has 1 N–H and O–H groups in total. The van der Waals surface area contributed by atoms with Crippen LogP contribution in [0.5, 0.6) is 0 Å². The van der Waals surface area contributed by atoms with E-state index in [4.69, 9.17) is 4.74 Å². The zero-order chi connectivity index (χ0) is 15.9. The number of H-pyrrole nitrogens is 1. The van der Waals surface area contributed by atoms with Crippen molar-refractivity contribution in [3.8, 4) is 0 Å². The molecular formula is C17H21BrN2O2. The first-order valence-electron chi connectivity index (χ1n) is 7.61. The van der Waals surface area contributed by atoms with Gasteiger partial charge in [-0.3, -0.25) is 4.90 Å². The van der Waals surface area contributed by atoms with Crippen LogP contribution in [-0.2, 0) is 4.74 Å². The van der Waals surface area contributed by atoms with Gasteiger partial charge in [0.2, 0.25) is 0 Å². The number of fused-ring (bicyclic) bond motifs is 1. The molecule has 118 valence electrons. The van der Waals surface area contributed by atoms with Crippen LogP contribution in [0.2, 0.25) is 0 Å². The van der Waals surface area contributed by atoms with Gasteiger partial charge >= 0.3 is 6.09 Å². The second-order valence-corrected chi connectivity index (χ2v) is 7.70. The smallest absolute Gasteiger partial charge is 0.410 e. The monoisotopic (exact) mass is 364 g/mol. The molecule has 1 aromatic carbocycles. The lowest BCUT2D eigenvalue weighted by atomic mass is 10.1. The van der Waals surface area contributed by atoms with Crippen LogP contribution in [0.1, 0.15) is 45.3 Å². The molecule has 2 aromatic rings. The van der Waals surface area contributed by atoms with Gasteiger partial charge in [0.15, 0.2) is 0 Å². The highest BCUT2D eigenvalue weighted by Crippen LogP contribution is 2.34. The van der Waals surface area contributed by atoms with Gasteiger partial charge in [-0.05, 0) is 57.9 Å². The molecule has 0 aliphatic carbocycles. The number of ether oxygens (including phenoxy) is 1. The number of aromatic amines is 1. The summed E-state index contributed by atoms with van der Waals surface area (Å²) in [6, 6.07) is 8.36. The van der Waals surface area contributed by atoms with Crippen molar-refractivity contribution in [3.63, 3.8) is 0 Å². The number of carbonyl (C=O) groups is 1. The number of hydrogen-bond acceptors (Lipinski definition) is 2. The SMILES string of the molecule is CC(C)(C)OC(=O)N1CCCC1c1cc2cc(Br)ccc2[nH]1. The highest BCUT2D eigenvalue weighted by molar-refractivity contribution is 9.10. The number of nitrogens with zero attached hydrogens (tertiary/aromatic N) is 1. The number of aromatic nitrogens is 1. The van der Waals surface area contributed by atoms with E-state index in [2.05, 4.69) is 39.1 Å². The molecule has 0 radical (unpaired) electrons. The number of rotatable bonds is 1. The molecule has 1 fully saturated rings. The van der Waals surface area contributed by atoms with Gasteiger partial charge in [0.1, 0.15) is 5.60 Å². The molecule has 5 heteroatoms. The number of halogens is 1.